The van der Waals surface area contributed by atoms with Crippen molar-refractivity contribution in [1.82, 2.24) is 10.2 Å². The molecule has 3 aliphatic rings. The van der Waals surface area contributed by atoms with Crippen LogP contribution in [0.15, 0.2) is 24.3 Å². The second-order valence-corrected chi connectivity index (χ2v) is 8.55. The van der Waals surface area contributed by atoms with Gasteiger partial charge in [0.25, 0.3) is 0 Å². The molecule has 7 nitrogen and oxygen atoms in total. The molecule has 11 heteroatoms. The summed E-state index contributed by atoms with van der Waals surface area (Å²) < 4.78 is 41.3. The van der Waals surface area contributed by atoms with Crippen molar-refractivity contribution in [2.45, 2.75) is 56.3 Å². The van der Waals surface area contributed by atoms with Gasteiger partial charge in [0.05, 0.1) is 24.1 Å². The van der Waals surface area contributed by atoms with E-state index in [9.17, 15) is 28.2 Å². The number of aliphatic hydroxyl groups excluding tert-OH is 2. The van der Waals surface area contributed by atoms with Crippen molar-refractivity contribution in [3.05, 3.63) is 24.3 Å². The Hall–Kier alpha value is -2.11. The molecule has 5 atom stereocenters. The first-order valence-electron chi connectivity index (χ1n) is 10.3. The van der Waals surface area contributed by atoms with E-state index in [1.165, 1.54) is 24.3 Å². The average Bonchev–Trinajstić information content (AvgIpc) is 3.07. The van der Waals surface area contributed by atoms with E-state index in [1.54, 1.807) is 9.80 Å². The minimum Gasteiger partial charge on any atom is -0.406 e. The largest absolute Gasteiger partial charge is 0.573 e. The number of rotatable bonds is 3. The van der Waals surface area contributed by atoms with E-state index in [2.05, 4.69) is 10.1 Å². The number of fused-ring (bicyclic) bond motifs is 1. The number of hydrogen-bond donors (Lipinski definition) is 3. The fraction of sp³-hybridized carbons (Fsp3) is 0.600. The number of carbonyl (C=O) groups excluding carboxylic acids is 1. The number of ether oxygens (including phenoxy) is 1. The molecule has 0 unspecified atom stereocenters. The Morgan fingerprint density at radius 3 is 2.39 bits per heavy atom. The standard InChI is InChI=1S/C20H24F3N3O4S/c21-20(22,23)30-12-6-4-11(5-7-12)26-16-13(18(29)25-8-2-1-3-9-25)10-14(27)17(28)15(16)24-19(26)31/h4-7,13-17,27-28H,1-3,8-10H2,(H,24,31)/t13-,14-,15-,16-,17+/m1/s1. The molecule has 2 aliphatic heterocycles. The topological polar surface area (TPSA) is 85.3 Å². The molecule has 0 radical (unpaired) electrons. The van der Waals surface area contributed by atoms with Crippen LogP contribution in [0, 0.1) is 5.92 Å². The van der Waals surface area contributed by atoms with Crippen LogP contribution < -0.4 is 15.0 Å². The number of benzene rings is 1. The predicted molar refractivity (Wildman–Crippen MR) is 109 cm³/mol. The lowest BCUT2D eigenvalue weighted by Gasteiger charge is -2.43. The number of anilines is 1. The van der Waals surface area contributed by atoms with E-state index in [4.69, 9.17) is 12.2 Å². The van der Waals surface area contributed by atoms with Crippen LogP contribution in [0.4, 0.5) is 18.9 Å². The minimum atomic E-state index is -4.80. The Balaban J connectivity index is 1.63. The third kappa shape index (κ3) is 4.44. The molecule has 31 heavy (non-hydrogen) atoms. The van der Waals surface area contributed by atoms with Crippen LogP contribution in [-0.2, 0) is 4.79 Å². The van der Waals surface area contributed by atoms with Gasteiger partial charge in [0.2, 0.25) is 5.91 Å². The van der Waals surface area contributed by atoms with E-state index in [1.807, 2.05) is 0 Å². The number of likely N-dealkylation sites (tertiary alicyclic amines) is 1. The Bertz CT molecular complexity index is 832. The molecule has 2 heterocycles. The number of hydrogen-bond acceptors (Lipinski definition) is 5. The average molecular weight is 459 g/mol. The van der Waals surface area contributed by atoms with Crippen LogP contribution in [-0.4, -0.2) is 69.9 Å². The molecule has 4 rings (SSSR count). The predicted octanol–water partition coefficient (Wildman–Crippen LogP) is 1.77. The molecule has 3 N–H and O–H groups in total. The number of nitrogens with one attached hydrogen (secondary N) is 1. The number of thiocarbonyl (C=S) groups is 1. The van der Waals surface area contributed by atoms with Crippen LogP contribution in [0.1, 0.15) is 25.7 Å². The highest BCUT2D eigenvalue weighted by molar-refractivity contribution is 7.80. The van der Waals surface area contributed by atoms with E-state index < -0.39 is 36.6 Å². The van der Waals surface area contributed by atoms with Crippen molar-refractivity contribution < 1.29 is 32.9 Å². The van der Waals surface area contributed by atoms with Crippen LogP contribution in [0.3, 0.4) is 0 Å². The highest BCUT2D eigenvalue weighted by Gasteiger charge is 2.54. The van der Waals surface area contributed by atoms with Gasteiger partial charge in [-0.05, 0) is 62.2 Å². The second-order valence-electron chi connectivity index (χ2n) is 8.16. The lowest BCUT2D eigenvalue weighted by Crippen LogP contribution is -2.61. The van der Waals surface area contributed by atoms with E-state index in [0.29, 0.717) is 18.8 Å². The van der Waals surface area contributed by atoms with Crippen LogP contribution >= 0.6 is 12.2 Å². The Morgan fingerprint density at radius 1 is 1.13 bits per heavy atom. The van der Waals surface area contributed by atoms with Crippen LogP contribution in [0.25, 0.3) is 0 Å². The third-order valence-corrected chi connectivity index (χ3v) is 6.49. The zero-order chi connectivity index (χ0) is 22.3. The summed E-state index contributed by atoms with van der Waals surface area (Å²) in [5.74, 6) is -1.10. The van der Waals surface area contributed by atoms with Gasteiger partial charge in [-0.3, -0.25) is 4.79 Å². The molecule has 2 saturated heterocycles. The van der Waals surface area contributed by atoms with Gasteiger partial charge in [-0.1, -0.05) is 0 Å². The molecule has 0 bridgehead atoms. The molecule has 170 valence electrons. The number of nitrogens with zero attached hydrogens (tertiary/aromatic N) is 2. The van der Waals surface area contributed by atoms with Gasteiger partial charge in [-0.2, -0.15) is 0 Å². The zero-order valence-corrected chi connectivity index (χ0v) is 17.4. The Labute approximate surface area is 182 Å². The summed E-state index contributed by atoms with van der Waals surface area (Å²) in [5, 5.41) is 24.2. The highest BCUT2D eigenvalue weighted by atomic mass is 32.1. The zero-order valence-electron chi connectivity index (χ0n) is 16.6. The lowest BCUT2D eigenvalue weighted by atomic mass is 9.76. The molecule has 0 aromatic heterocycles. The van der Waals surface area contributed by atoms with Gasteiger partial charge >= 0.3 is 6.36 Å². The molecule has 1 aromatic rings. The number of piperidine rings is 1. The lowest BCUT2D eigenvalue weighted by molar-refractivity contribution is -0.274. The molecule has 1 amide bonds. The first-order chi connectivity index (χ1) is 14.7. The van der Waals surface area contributed by atoms with E-state index in [-0.39, 0.29) is 23.2 Å². The summed E-state index contributed by atoms with van der Waals surface area (Å²) in [6, 6.07) is 3.95. The Morgan fingerprint density at radius 2 is 1.77 bits per heavy atom. The molecule has 1 aromatic carbocycles. The Kier molecular flexibility index (Phi) is 6.01. The maximum Gasteiger partial charge on any atom is 0.573 e. The number of amides is 1. The monoisotopic (exact) mass is 459 g/mol. The maximum absolute atomic E-state index is 13.3. The van der Waals surface area contributed by atoms with Crippen LogP contribution in [0.5, 0.6) is 5.75 Å². The second kappa shape index (κ2) is 8.44. The first kappa shape index (κ1) is 22.1. The molecule has 0 spiro atoms. The van der Waals surface area contributed by atoms with Crippen molar-refractivity contribution in [3.63, 3.8) is 0 Å². The van der Waals surface area contributed by atoms with Crippen molar-refractivity contribution in [2.75, 3.05) is 18.0 Å². The first-order valence-corrected chi connectivity index (χ1v) is 10.7. The summed E-state index contributed by atoms with van der Waals surface area (Å²) in [5.41, 5.74) is 0.472. The van der Waals surface area contributed by atoms with Gasteiger partial charge in [0, 0.05) is 18.8 Å². The van der Waals surface area contributed by atoms with Crippen molar-refractivity contribution >= 4 is 28.9 Å². The smallest absolute Gasteiger partial charge is 0.406 e. The number of halogens is 3. The fourth-order valence-electron chi connectivity index (χ4n) is 4.78. The summed E-state index contributed by atoms with van der Waals surface area (Å²) >= 11 is 5.43. The molecular weight excluding hydrogens is 435 g/mol. The molecule has 1 saturated carbocycles. The number of alkyl halides is 3. The number of aliphatic hydroxyl groups is 2. The summed E-state index contributed by atoms with van der Waals surface area (Å²) in [6.45, 7) is 1.29. The number of carbonyl (C=O) groups is 1. The van der Waals surface area contributed by atoms with Crippen molar-refractivity contribution in [3.8, 4) is 5.75 Å². The van der Waals surface area contributed by atoms with Gasteiger partial charge in [-0.25, -0.2) is 0 Å². The van der Waals surface area contributed by atoms with Gasteiger partial charge in [0.15, 0.2) is 5.11 Å². The van der Waals surface area contributed by atoms with Gasteiger partial charge in [-0.15, -0.1) is 13.2 Å². The van der Waals surface area contributed by atoms with Gasteiger partial charge in [0.1, 0.15) is 11.9 Å². The minimum absolute atomic E-state index is 0.0771. The van der Waals surface area contributed by atoms with Crippen molar-refractivity contribution in [1.29, 1.82) is 0 Å². The fourth-order valence-corrected chi connectivity index (χ4v) is 5.15. The molecule has 3 fully saturated rings. The molecule has 1 aliphatic carbocycles. The summed E-state index contributed by atoms with van der Waals surface area (Å²) in [6.07, 6.45) is -4.05. The maximum atomic E-state index is 13.3. The highest BCUT2D eigenvalue weighted by Crippen LogP contribution is 2.38. The summed E-state index contributed by atoms with van der Waals surface area (Å²) in [4.78, 5) is 16.8. The quantitative estimate of drug-likeness (QED) is 0.594. The van der Waals surface area contributed by atoms with Gasteiger partial charge < -0.3 is 30.1 Å². The van der Waals surface area contributed by atoms with E-state index >= 15 is 0 Å². The third-order valence-electron chi connectivity index (χ3n) is 6.18. The van der Waals surface area contributed by atoms with Crippen molar-refractivity contribution in [2.24, 2.45) is 5.92 Å². The van der Waals surface area contributed by atoms with E-state index in [0.717, 1.165) is 19.3 Å². The SMILES string of the molecule is O=C([C@@H]1C[C@@H](O)[C@H](O)[C@@H]2NC(=S)N(c3ccc(OC(F)(F)F)cc3)[C@@H]21)N1CCCCC1. The normalized spacial score (nSPS) is 31.3. The van der Waals surface area contributed by atoms with Crippen LogP contribution in [0.2, 0.25) is 0 Å². The summed E-state index contributed by atoms with van der Waals surface area (Å²) in [7, 11) is 0. The molecular formula is C20H24F3N3O4S.